The summed E-state index contributed by atoms with van der Waals surface area (Å²) in [6.45, 7) is 2.68. The largest absolute Gasteiger partial charge is 0.465 e. The highest BCUT2D eigenvalue weighted by molar-refractivity contribution is 5.94. The van der Waals surface area contributed by atoms with Gasteiger partial charge in [0.2, 0.25) is 0 Å². The molecule has 1 fully saturated rings. The average molecular weight is 431 g/mol. The maximum absolute atomic E-state index is 12.2. The molecule has 0 spiro atoms. The van der Waals surface area contributed by atoms with E-state index in [9.17, 15) is 9.59 Å². The number of carboxylic acid groups (broad SMARTS) is 1. The maximum atomic E-state index is 12.2. The number of piperidine rings is 1. The number of rotatable bonds is 9. The summed E-state index contributed by atoms with van der Waals surface area (Å²) in [6.07, 6.45) is 1.27. The Balaban J connectivity index is 1.46. The number of ether oxygens (including phenoxy) is 1. The van der Waals surface area contributed by atoms with Gasteiger partial charge in [0, 0.05) is 30.8 Å². The minimum absolute atomic E-state index is 0.0203. The van der Waals surface area contributed by atoms with Crippen LogP contribution in [-0.4, -0.2) is 83.4 Å². The van der Waals surface area contributed by atoms with Crippen LogP contribution >= 0.6 is 0 Å². The lowest BCUT2D eigenvalue weighted by Crippen LogP contribution is -2.40. The lowest BCUT2D eigenvalue weighted by atomic mass is 10.1. The lowest BCUT2D eigenvalue weighted by molar-refractivity contribution is -0.00295. The molecule has 3 rings (SSSR count). The highest BCUT2D eigenvalue weighted by Gasteiger charge is 2.23. The number of carbonyl (C=O) groups is 2. The van der Waals surface area contributed by atoms with Crippen LogP contribution in [0.15, 0.2) is 28.8 Å². The fourth-order valence-electron chi connectivity index (χ4n) is 3.30. The minimum atomic E-state index is -0.894. The number of nitrogens with one attached hydrogen (secondary N) is 1. The summed E-state index contributed by atoms with van der Waals surface area (Å²) in [5.41, 5.74) is 1.29. The standard InChI is InChI=1S/C21H29N5O5/c1-25(2)11-3-10-22-19(27)15-4-6-16(7-5-15)20-23-18(24-31-20)14-30-17-8-12-26(13-9-17)21(28)29/h4-7,17H,3,8-14H2,1-2H3,(H,22,27)(H,28,29). The van der Waals surface area contributed by atoms with Crippen molar-refractivity contribution in [3.63, 3.8) is 0 Å². The molecule has 0 aliphatic carbocycles. The highest BCUT2D eigenvalue weighted by atomic mass is 16.5. The second kappa shape index (κ2) is 10.9. The van der Waals surface area contributed by atoms with Crippen molar-refractivity contribution < 1.29 is 24.0 Å². The maximum Gasteiger partial charge on any atom is 0.407 e. The molecule has 1 aromatic carbocycles. The summed E-state index contributed by atoms with van der Waals surface area (Å²) in [6, 6.07) is 7.00. The number of benzene rings is 1. The van der Waals surface area contributed by atoms with E-state index >= 15 is 0 Å². The number of hydrogen-bond acceptors (Lipinski definition) is 7. The van der Waals surface area contributed by atoms with Gasteiger partial charge in [0.05, 0.1) is 6.10 Å². The van der Waals surface area contributed by atoms with Crippen molar-refractivity contribution in [2.45, 2.75) is 32.0 Å². The van der Waals surface area contributed by atoms with Gasteiger partial charge in [-0.25, -0.2) is 4.79 Å². The molecule has 10 nitrogen and oxygen atoms in total. The molecule has 1 aromatic heterocycles. The Morgan fingerprint density at radius 3 is 2.61 bits per heavy atom. The molecule has 0 unspecified atom stereocenters. The molecule has 2 aromatic rings. The first kappa shape index (κ1) is 22.7. The third-order valence-corrected chi connectivity index (χ3v) is 5.09. The number of aromatic nitrogens is 2. The smallest absolute Gasteiger partial charge is 0.407 e. The molecule has 2 N–H and O–H groups in total. The van der Waals surface area contributed by atoms with Gasteiger partial charge in [-0.1, -0.05) is 5.16 Å². The van der Waals surface area contributed by atoms with Crippen LogP contribution in [-0.2, 0) is 11.3 Å². The van der Waals surface area contributed by atoms with Crippen molar-refractivity contribution in [2.24, 2.45) is 0 Å². The molecule has 168 valence electrons. The van der Waals surface area contributed by atoms with E-state index < -0.39 is 6.09 Å². The normalized spacial score (nSPS) is 14.7. The van der Waals surface area contributed by atoms with Crippen molar-refractivity contribution in [1.29, 1.82) is 0 Å². The Morgan fingerprint density at radius 1 is 1.26 bits per heavy atom. The van der Waals surface area contributed by atoms with Gasteiger partial charge in [-0.05, 0) is 64.2 Å². The summed E-state index contributed by atoms with van der Waals surface area (Å²) < 4.78 is 11.1. The second-order valence-electron chi connectivity index (χ2n) is 7.79. The Bertz CT molecular complexity index is 859. The van der Waals surface area contributed by atoms with Crippen molar-refractivity contribution in [1.82, 2.24) is 25.3 Å². The first-order valence-electron chi connectivity index (χ1n) is 10.4. The molecule has 0 bridgehead atoms. The molecule has 0 saturated carbocycles. The predicted molar refractivity (Wildman–Crippen MR) is 113 cm³/mol. The zero-order valence-electron chi connectivity index (χ0n) is 17.9. The van der Waals surface area contributed by atoms with E-state index in [-0.39, 0.29) is 18.6 Å². The van der Waals surface area contributed by atoms with Crippen LogP contribution in [0.5, 0.6) is 0 Å². The molecule has 1 saturated heterocycles. The van der Waals surface area contributed by atoms with Gasteiger partial charge in [0.25, 0.3) is 11.8 Å². The van der Waals surface area contributed by atoms with Crippen LogP contribution in [0.2, 0.25) is 0 Å². The molecule has 2 amide bonds. The van der Waals surface area contributed by atoms with Gasteiger partial charge < -0.3 is 29.5 Å². The number of nitrogens with zero attached hydrogens (tertiary/aromatic N) is 4. The van der Waals surface area contributed by atoms with E-state index in [1.165, 1.54) is 4.90 Å². The van der Waals surface area contributed by atoms with Gasteiger partial charge in [-0.15, -0.1) is 0 Å². The monoisotopic (exact) mass is 431 g/mol. The Morgan fingerprint density at radius 2 is 1.97 bits per heavy atom. The molecule has 31 heavy (non-hydrogen) atoms. The third kappa shape index (κ3) is 6.76. The fourth-order valence-corrected chi connectivity index (χ4v) is 3.30. The van der Waals surface area contributed by atoms with Gasteiger partial charge in [-0.2, -0.15) is 4.98 Å². The van der Waals surface area contributed by atoms with Gasteiger partial charge >= 0.3 is 6.09 Å². The summed E-state index contributed by atoms with van der Waals surface area (Å²) in [5, 5.41) is 15.8. The van der Waals surface area contributed by atoms with Crippen LogP contribution in [0.4, 0.5) is 4.79 Å². The van der Waals surface area contributed by atoms with Crippen LogP contribution in [0.3, 0.4) is 0 Å². The first-order valence-corrected chi connectivity index (χ1v) is 10.4. The molecule has 2 heterocycles. The van der Waals surface area contributed by atoms with Gasteiger partial charge in [0.1, 0.15) is 6.61 Å². The van der Waals surface area contributed by atoms with E-state index in [1.807, 2.05) is 14.1 Å². The van der Waals surface area contributed by atoms with Crippen molar-refractivity contribution in [3.8, 4) is 11.5 Å². The van der Waals surface area contributed by atoms with E-state index in [1.54, 1.807) is 24.3 Å². The highest BCUT2D eigenvalue weighted by Crippen LogP contribution is 2.19. The van der Waals surface area contributed by atoms with E-state index in [0.717, 1.165) is 18.5 Å². The van der Waals surface area contributed by atoms with Crippen molar-refractivity contribution >= 4 is 12.0 Å². The number of likely N-dealkylation sites (tertiary alicyclic amines) is 1. The van der Waals surface area contributed by atoms with Crippen LogP contribution in [0, 0.1) is 0 Å². The Hall–Kier alpha value is -2.98. The molecule has 0 radical (unpaired) electrons. The molecule has 1 aliphatic rings. The summed E-state index contributed by atoms with van der Waals surface area (Å²) >= 11 is 0. The quantitative estimate of drug-likeness (QED) is 0.579. The lowest BCUT2D eigenvalue weighted by Gasteiger charge is -2.29. The minimum Gasteiger partial charge on any atom is -0.465 e. The van der Waals surface area contributed by atoms with Crippen molar-refractivity contribution in [2.75, 3.05) is 40.3 Å². The van der Waals surface area contributed by atoms with Crippen molar-refractivity contribution in [3.05, 3.63) is 35.7 Å². The zero-order valence-corrected chi connectivity index (χ0v) is 17.9. The van der Waals surface area contributed by atoms with E-state index in [2.05, 4.69) is 20.4 Å². The number of carbonyl (C=O) groups excluding carboxylic acids is 1. The first-order chi connectivity index (χ1) is 14.9. The summed E-state index contributed by atoms with van der Waals surface area (Å²) in [5.74, 6) is 0.675. The number of amides is 2. The van der Waals surface area contributed by atoms with E-state index in [4.69, 9.17) is 14.4 Å². The summed E-state index contributed by atoms with van der Waals surface area (Å²) in [7, 11) is 4.00. The topological polar surface area (TPSA) is 121 Å². The molecule has 10 heteroatoms. The van der Waals surface area contributed by atoms with E-state index in [0.29, 0.717) is 49.8 Å². The number of hydrogen-bond donors (Lipinski definition) is 2. The zero-order chi connectivity index (χ0) is 22.2. The molecule has 1 aliphatic heterocycles. The van der Waals surface area contributed by atoms with Crippen LogP contribution in [0.1, 0.15) is 35.4 Å². The Labute approximate surface area is 181 Å². The molecular weight excluding hydrogens is 402 g/mol. The Kier molecular flexibility index (Phi) is 7.96. The fraction of sp³-hybridized carbons (Fsp3) is 0.524. The second-order valence-corrected chi connectivity index (χ2v) is 7.79. The third-order valence-electron chi connectivity index (χ3n) is 5.09. The molecule has 0 atom stereocenters. The summed E-state index contributed by atoms with van der Waals surface area (Å²) in [4.78, 5) is 31.0. The average Bonchev–Trinajstić information content (AvgIpc) is 3.24. The molecular formula is C21H29N5O5. The predicted octanol–water partition coefficient (Wildman–Crippen LogP) is 2.08. The van der Waals surface area contributed by atoms with Crippen LogP contribution in [0.25, 0.3) is 11.5 Å². The van der Waals surface area contributed by atoms with Crippen LogP contribution < -0.4 is 5.32 Å². The van der Waals surface area contributed by atoms with Gasteiger partial charge in [-0.3, -0.25) is 4.79 Å². The SMILES string of the molecule is CN(C)CCCNC(=O)c1ccc(-c2nc(COC3CCN(C(=O)O)CC3)no2)cc1. The van der Waals surface area contributed by atoms with Gasteiger partial charge in [0.15, 0.2) is 5.82 Å².